The molecule has 0 aromatic heterocycles. The van der Waals surface area contributed by atoms with Crippen molar-refractivity contribution in [3.63, 3.8) is 0 Å². The first-order chi connectivity index (χ1) is 16.5. The van der Waals surface area contributed by atoms with Gasteiger partial charge in [-0.2, -0.15) is 0 Å². The molecule has 1 aliphatic carbocycles. The quantitative estimate of drug-likeness (QED) is 0.137. The number of carbonyl (C=O) groups is 4. The maximum absolute atomic E-state index is 12.5. The summed E-state index contributed by atoms with van der Waals surface area (Å²) in [5, 5.41) is 18.6. The predicted octanol–water partition coefficient (Wildman–Crippen LogP) is 2.01. The molecule has 12 nitrogen and oxygen atoms in total. The van der Waals surface area contributed by atoms with Gasteiger partial charge < -0.3 is 30.0 Å². The third kappa shape index (κ3) is 10.6. The summed E-state index contributed by atoms with van der Waals surface area (Å²) >= 11 is 0. The van der Waals surface area contributed by atoms with Crippen LogP contribution in [-0.2, 0) is 23.8 Å². The molecule has 1 rings (SSSR count). The average molecular weight is 513 g/mol. The Morgan fingerprint density at radius 2 is 1.64 bits per heavy atom. The number of methoxy groups -OCH3 is 1. The highest BCUT2D eigenvalue weighted by Gasteiger charge is 2.45. The van der Waals surface area contributed by atoms with E-state index in [2.05, 4.69) is 27.5 Å². The van der Waals surface area contributed by atoms with Gasteiger partial charge in [0.15, 0.2) is 0 Å². The van der Waals surface area contributed by atoms with Crippen molar-refractivity contribution in [3.8, 4) is 0 Å². The van der Waals surface area contributed by atoms with E-state index in [4.69, 9.17) is 14.2 Å². The van der Waals surface area contributed by atoms with Crippen LogP contribution >= 0.6 is 0 Å². The summed E-state index contributed by atoms with van der Waals surface area (Å²) in [5.41, 5.74) is -1.66. The number of aliphatic hydroxyl groups excluding tert-OH is 1. The Morgan fingerprint density at radius 1 is 1.06 bits per heavy atom. The number of hydrogen-bond donors (Lipinski definition) is 4. The summed E-state index contributed by atoms with van der Waals surface area (Å²) in [6.45, 7) is 14.9. The SMILES string of the molecule is C=CC(O)C(NC(C)=O)[C@@H]1CC(C(=O)OC)C[C@@H]1NC(=NC(=O)OC(C)(C)C)NC(=O)OC(C)(C)C. The molecule has 0 aromatic carbocycles. The van der Waals surface area contributed by atoms with Gasteiger partial charge in [0, 0.05) is 18.9 Å². The lowest BCUT2D eigenvalue weighted by molar-refractivity contribution is -0.145. The number of amides is 3. The second kappa shape index (κ2) is 12.7. The van der Waals surface area contributed by atoms with Crippen LogP contribution in [0.1, 0.15) is 61.3 Å². The van der Waals surface area contributed by atoms with Crippen molar-refractivity contribution < 1.29 is 38.5 Å². The fourth-order valence-corrected chi connectivity index (χ4v) is 3.87. The van der Waals surface area contributed by atoms with Crippen LogP contribution in [0.3, 0.4) is 0 Å². The smallest absolute Gasteiger partial charge is 0.437 e. The molecule has 0 bridgehead atoms. The summed E-state index contributed by atoms with van der Waals surface area (Å²) in [6.07, 6.45) is -1.25. The predicted molar refractivity (Wildman–Crippen MR) is 132 cm³/mol. The van der Waals surface area contributed by atoms with Crippen molar-refractivity contribution >= 4 is 30.0 Å². The minimum absolute atomic E-state index is 0.209. The normalized spacial score (nSPS) is 22.0. The van der Waals surface area contributed by atoms with Gasteiger partial charge in [-0.15, -0.1) is 11.6 Å². The molecule has 0 radical (unpaired) electrons. The van der Waals surface area contributed by atoms with E-state index in [0.29, 0.717) is 0 Å². The topological polar surface area (TPSA) is 165 Å². The molecule has 3 amide bonds. The highest BCUT2D eigenvalue weighted by atomic mass is 16.6. The number of aliphatic hydroxyl groups is 1. The van der Waals surface area contributed by atoms with Crippen molar-refractivity contribution in [2.24, 2.45) is 16.8 Å². The Bertz CT molecular complexity index is 859. The van der Waals surface area contributed by atoms with Crippen molar-refractivity contribution in [3.05, 3.63) is 12.7 Å². The molecule has 0 aromatic rings. The summed E-state index contributed by atoms with van der Waals surface area (Å²) in [7, 11) is 1.27. The number of hydrogen-bond acceptors (Lipinski definition) is 8. The lowest BCUT2D eigenvalue weighted by atomic mass is 9.89. The minimum Gasteiger partial charge on any atom is -0.469 e. The van der Waals surface area contributed by atoms with Gasteiger partial charge in [-0.25, -0.2) is 9.59 Å². The first kappa shape index (κ1) is 30.9. The molecule has 5 atom stereocenters. The van der Waals surface area contributed by atoms with Crippen LogP contribution in [0.2, 0.25) is 0 Å². The van der Waals surface area contributed by atoms with Crippen molar-refractivity contribution in [1.82, 2.24) is 16.0 Å². The van der Waals surface area contributed by atoms with Gasteiger partial charge in [-0.05, 0) is 54.4 Å². The molecule has 1 fully saturated rings. The second-order valence-corrected chi connectivity index (χ2v) is 10.6. The average Bonchev–Trinajstić information content (AvgIpc) is 3.10. The number of rotatable bonds is 6. The van der Waals surface area contributed by atoms with Gasteiger partial charge in [-0.1, -0.05) is 6.08 Å². The lowest BCUT2D eigenvalue weighted by Gasteiger charge is -2.32. The zero-order chi connectivity index (χ0) is 27.8. The van der Waals surface area contributed by atoms with Crippen LogP contribution in [-0.4, -0.2) is 71.6 Å². The van der Waals surface area contributed by atoms with Gasteiger partial charge >= 0.3 is 18.2 Å². The van der Waals surface area contributed by atoms with Crippen LogP contribution in [0.5, 0.6) is 0 Å². The highest BCUT2D eigenvalue weighted by molar-refractivity contribution is 5.99. The Balaban J connectivity index is 3.36. The molecule has 1 saturated carbocycles. The number of nitrogens with one attached hydrogen (secondary N) is 3. The Hall–Kier alpha value is -3.15. The molecule has 4 N–H and O–H groups in total. The summed E-state index contributed by atoms with van der Waals surface area (Å²) in [4.78, 5) is 52.9. The van der Waals surface area contributed by atoms with E-state index < -0.39 is 65.3 Å². The standard InChI is InChI=1S/C24H40N4O8/c1-10-17(30)18(25-13(2)29)15-11-14(19(31)34-9)12-16(15)26-20(27-21(32)35-23(3,4)5)28-22(33)36-24(6,7)8/h10,14-18,30H,1,11-12H2,2-9H3,(H,25,29)(H2,26,27,28,32,33)/t14?,15-,16+,17?,18?/m1/s1. The number of carbonyl (C=O) groups excluding carboxylic acids is 4. The summed E-state index contributed by atoms with van der Waals surface area (Å²) in [6, 6.07) is -1.45. The van der Waals surface area contributed by atoms with Gasteiger partial charge in [-0.3, -0.25) is 14.9 Å². The number of aliphatic imine (C=N–C) groups is 1. The molecule has 3 unspecified atom stereocenters. The lowest BCUT2D eigenvalue weighted by Crippen LogP contribution is -2.55. The van der Waals surface area contributed by atoms with Crippen LogP contribution < -0.4 is 16.0 Å². The van der Waals surface area contributed by atoms with Crippen LogP contribution in [0.25, 0.3) is 0 Å². The molecule has 36 heavy (non-hydrogen) atoms. The largest absolute Gasteiger partial charge is 0.469 e. The van der Waals surface area contributed by atoms with Crippen LogP contribution in [0.4, 0.5) is 9.59 Å². The Labute approximate surface area is 212 Å². The van der Waals surface area contributed by atoms with E-state index in [1.807, 2.05) is 0 Å². The van der Waals surface area contributed by atoms with Gasteiger partial charge in [0.25, 0.3) is 0 Å². The summed E-state index contributed by atoms with van der Waals surface area (Å²) in [5.74, 6) is -2.24. The molecule has 0 heterocycles. The number of guanidine groups is 1. The zero-order valence-corrected chi connectivity index (χ0v) is 22.3. The highest BCUT2D eigenvalue weighted by Crippen LogP contribution is 2.35. The fourth-order valence-electron chi connectivity index (χ4n) is 3.87. The van der Waals surface area contributed by atoms with Crippen molar-refractivity contribution in [1.29, 1.82) is 0 Å². The second-order valence-electron chi connectivity index (χ2n) is 10.6. The maximum Gasteiger partial charge on any atom is 0.437 e. The zero-order valence-electron chi connectivity index (χ0n) is 22.3. The van der Waals surface area contributed by atoms with Crippen molar-refractivity contribution in [2.45, 2.75) is 90.7 Å². The van der Waals surface area contributed by atoms with Crippen LogP contribution in [0.15, 0.2) is 17.6 Å². The van der Waals surface area contributed by atoms with E-state index in [1.54, 1.807) is 41.5 Å². The first-order valence-corrected chi connectivity index (χ1v) is 11.7. The maximum atomic E-state index is 12.5. The fraction of sp³-hybridized carbons (Fsp3) is 0.708. The van der Waals surface area contributed by atoms with Gasteiger partial charge in [0.2, 0.25) is 11.9 Å². The van der Waals surface area contributed by atoms with E-state index >= 15 is 0 Å². The molecule has 12 heteroatoms. The molecular weight excluding hydrogens is 472 g/mol. The molecular formula is C24H40N4O8. The number of nitrogens with zero attached hydrogens (tertiary/aromatic N) is 1. The molecule has 0 saturated heterocycles. The van der Waals surface area contributed by atoms with E-state index in [1.165, 1.54) is 20.1 Å². The van der Waals surface area contributed by atoms with Gasteiger partial charge in [0.1, 0.15) is 11.2 Å². The molecule has 1 aliphatic rings. The molecule has 204 valence electrons. The van der Waals surface area contributed by atoms with E-state index in [9.17, 15) is 24.3 Å². The minimum atomic E-state index is -1.13. The summed E-state index contributed by atoms with van der Waals surface area (Å²) < 4.78 is 15.4. The molecule has 0 aliphatic heterocycles. The monoisotopic (exact) mass is 512 g/mol. The van der Waals surface area contributed by atoms with E-state index in [-0.39, 0.29) is 18.8 Å². The van der Waals surface area contributed by atoms with E-state index in [0.717, 1.165) is 0 Å². The number of ether oxygens (including phenoxy) is 3. The van der Waals surface area contributed by atoms with Gasteiger partial charge in [0.05, 0.1) is 25.2 Å². The Kier molecular flexibility index (Phi) is 10.9. The molecule has 0 spiro atoms. The number of esters is 1. The third-order valence-corrected chi connectivity index (χ3v) is 5.13. The van der Waals surface area contributed by atoms with Crippen LogP contribution in [0, 0.1) is 11.8 Å². The third-order valence-electron chi connectivity index (χ3n) is 5.13. The van der Waals surface area contributed by atoms with Crippen molar-refractivity contribution in [2.75, 3.05) is 7.11 Å². The Morgan fingerprint density at radius 3 is 2.11 bits per heavy atom. The number of alkyl carbamates (subject to hydrolysis) is 1. The first-order valence-electron chi connectivity index (χ1n) is 11.7.